The molecule has 0 bridgehead atoms. The van der Waals surface area contributed by atoms with Crippen molar-refractivity contribution < 1.29 is 18.0 Å². The van der Waals surface area contributed by atoms with Gasteiger partial charge in [0.15, 0.2) is 0 Å². The van der Waals surface area contributed by atoms with Crippen molar-refractivity contribution in [1.82, 2.24) is 9.88 Å². The number of aromatic nitrogens is 1. The lowest BCUT2D eigenvalue weighted by Gasteiger charge is -2.23. The minimum atomic E-state index is -4.42. The predicted molar refractivity (Wildman–Crippen MR) is 75.4 cm³/mol. The first-order chi connectivity index (χ1) is 9.78. The van der Waals surface area contributed by atoms with Crippen LogP contribution < -0.4 is 5.32 Å². The molecular weight excluding hydrogens is 283 g/mol. The van der Waals surface area contributed by atoms with Gasteiger partial charge >= 0.3 is 6.18 Å². The van der Waals surface area contributed by atoms with E-state index in [-0.39, 0.29) is 12.1 Å². The minimum absolute atomic E-state index is 0.0144. The Balaban J connectivity index is 3.04. The molecule has 7 heteroatoms. The smallest absolute Gasteiger partial charge is 0.384 e. The van der Waals surface area contributed by atoms with Crippen molar-refractivity contribution in [3.63, 3.8) is 0 Å². The highest BCUT2D eigenvalue weighted by molar-refractivity contribution is 5.99. The summed E-state index contributed by atoms with van der Waals surface area (Å²) in [5.74, 6) is -0.666. The second kappa shape index (κ2) is 7.28. The molecule has 0 aliphatic carbocycles. The summed E-state index contributed by atoms with van der Waals surface area (Å²) >= 11 is 0. The Kier molecular flexibility index (Phi) is 5.99. The number of carbonyl (C=O) groups excluding carboxylic acids is 1. The minimum Gasteiger partial charge on any atom is -0.384 e. The Morgan fingerprint density at radius 2 is 2.05 bits per heavy atom. The van der Waals surface area contributed by atoms with Gasteiger partial charge in [-0.2, -0.15) is 13.2 Å². The Morgan fingerprint density at radius 1 is 1.38 bits per heavy atom. The summed E-state index contributed by atoms with van der Waals surface area (Å²) in [7, 11) is 0. The van der Waals surface area contributed by atoms with Gasteiger partial charge in [0, 0.05) is 25.0 Å². The lowest BCUT2D eigenvalue weighted by molar-refractivity contribution is -0.140. The maximum Gasteiger partial charge on any atom is 0.406 e. The van der Waals surface area contributed by atoms with Gasteiger partial charge in [-0.25, -0.2) is 0 Å². The Hall–Kier alpha value is -1.79. The molecule has 0 fully saturated rings. The SMILES string of the molecule is CCCNc1cc(C)ncc1C(=O)N(CC)CC(F)(F)F. The first-order valence-electron chi connectivity index (χ1n) is 6.85. The monoisotopic (exact) mass is 303 g/mol. The van der Waals surface area contributed by atoms with Crippen LogP contribution in [0.4, 0.5) is 18.9 Å². The van der Waals surface area contributed by atoms with E-state index in [0.29, 0.717) is 17.9 Å². The van der Waals surface area contributed by atoms with E-state index in [2.05, 4.69) is 10.3 Å². The third-order valence-electron chi connectivity index (χ3n) is 2.88. The molecule has 0 radical (unpaired) electrons. The van der Waals surface area contributed by atoms with E-state index in [1.807, 2.05) is 6.92 Å². The zero-order valence-corrected chi connectivity index (χ0v) is 12.4. The third kappa shape index (κ3) is 5.24. The van der Waals surface area contributed by atoms with Crippen LogP contribution in [0, 0.1) is 6.92 Å². The maximum atomic E-state index is 12.5. The number of halogens is 3. The van der Waals surface area contributed by atoms with Crippen LogP contribution in [-0.4, -0.2) is 41.6 Å². The van der Waals surface area contributed by atoms with E-state index in [9.17, 15) is 18.0 Å². The van der Waals surface area contributed by atoms with Crippen molar-refractivity contribution in [2.24, 2.45) is 0 Å². The highest BCUT2D eigenvalue weighted by atomic mass is 19.4. The second-order valence-electron chi connectivity index (χ2n) is 4.73. The molecule has 0 unspecified atom stereocenters. The summed E-state index contributed by atoms with van der Waals surface area (Å²) in [5, 5.41) is 3.06. The number of nitrogens with zero attached hydrogens (tertiary/aromatic N) is 2. The second-order valence-corrected chi connectivity index (χ2v) is 4.73. The molecule has 1 N–H and O–H groups in total. The molecule has 21 heavy (non-hydrogen) atoms. The van der Waals surface area contributed by atoms with E-state index in [1.54, 1.807) is 13.0 Å². The zero-order valence-electron chi connectivity index (χ0n) is 12.4. The highest BCUT2D eigenvalue weighted by Crippen LogP contribution is 2.21. The number of aryl methyl sites for hydroxylation is 1. The van der Waals surface area contributed by atoms with Gasteiger partial charge in [-0.15, -0.1) is 0 Å². The molecule has 4 nitrogen and oxygen atoms in total. The first kappa shape index (κ1) is 17.3. The van der Waals surface area contributed by atoms with Crippen molar-refractivity contribution in [2.75, 3.05) is 25.0 Å². The van der Waals surface area contributed by atoms with E-state index < -0.39 is 18.6 Å². The van der Waals surface area contributed by atoms with E-state index >= 15 is 0 Å². The van der Waals surface area contributed by atoms with Gasteiger partial charge in [0.1, 0.15) is 6.54 Å². The fourth-order valence-electron chi connectivity index (χ4n) is 1.85. The normalized spacial score (nSPS) is 11.3. The molecule has 0 atom stereocenters. The van der Waals surface area contributed by atoms with Crippen molar-refractivity contribution in [3.05, 3.63) is 23.5 Å². The molecule has 0 aliphatic rings. The standard InChI is InChI=1S/C14H20F3N3O/c1-4-6-18-12-7-10(3)19-8-11(12)13(21)20(5-2)9-14(15,16)17/h7-8H,4-6,9H2,1-3H3,(H,18,19). The highest BCUT2D eigenvalue weighted by Gasteiger charge is 2.33. The van der Waals surface area contributed by atoms with Gasteiger partial charge in [0.25, 0.3) is 5.91 Å². The van der Waals surface area contributed by atoms with E-state index in [1.165, 1.54) is 13.1 Å². The first-order valence-corrected chi connectivity index (χ1v) is 6.85. The lowest BCUT2D eigenvalue weighted by Crippen LogP contribution is -2.39. The number of amides is 1. The number of anilines is 1. The molecular formula is C14H20F3N3O. The van der Waals surface area contributed by atoms with Crippen LogP contribution in [0.2, 0.25) is 0 Å². The van der Waals surface area contributed by atoms with Crippen LogP contribution in [0.25, 0.3) is 0 Å². The Bertz CT molecular complexity index is 489. The molecule has 118 valence electrons. The number of carbonyl (C=O) groups is 1. The lowest BCUT2D eigenvalue weighted by atomic mass is 10.1. The molecule has 1 aromatic rings. The summed E-state index contributed by atoms with van der Waals surface area (Å²) < 4.78 is 37.5. The number of rotatable bonds is 6. The quantitative estimate of drug-likeness (QED) is 0.877. The van der Waals surface area contributed by atoms with Crippen LogP contribution in [0.1, 0.15) is 36.3 Å². The van der Waals surface area contributed by atoms with Gasteiger partial charge < -0.3 is 10.2 Å². The fourth-order valence-corrected chi connectivity index (χ4v) is 1.85. The Labute approximate surface area is 122 Å². The molecule has 0 aliphatic heterocycles. The molecule has 1 aromatic heterocycles. The van der Waals surface area contributed by atoms with Crippen LogP contribution in [0.3, 0.4) is 0 Å². The summed E-state index contributed by atoms with van der Waals surface area (Å²) in [6, 6.07) is 1.67. The molecule has 0 saturated heterocycles. The van der Waals surface area contributed by atoms with Gasteiger partial charge in [0.05, 0.1) is 11.3 Å². The number of pyridine rings is 1. The molecule has 0 aromatic carbocycles. The zero-order chi connectivity index (χ0) is 16.0. The molecule has 1 rings (SSSR count). The maximum absolute atomic E-state index is 12.5. The van der Waals surface area contributed by atoms with E-state index in [0.717, 1.165) is 11.3 Å². The third-order valence-corrected chi connectivity index (χ3v) is 2.88. The average Bonchev–Trinajstić information content (AvgIpc) is 2.41. The summed E-state index contributed by atoms with van der Waals surface area (Å²) in [4.78, 5) is 17.1. The number of hydrogen-bond donors (Lipinski definition) is 1. The summed E-state index contributed by atoms with van der Waals surface area (Å²) in [5.41, 5.74) is 1.39. The largest absolute Gasteiger partial charge is 0.406 e. The summed E-state index contributed by atoms with van der Waals surface area (Å²) in [6.07, 6.45) is -2.25. The van der Waals surface area contributed by atoms with Crippen LogP contribution in [0.15, 0.2) is 12.3 Å². The van der Waals surface area contributed by atoms with E-state index in [4.69, 9.17) is 0 Å². The van der Waals surface area contributed by atoms with Gasteiger partial charge in [-0.1, -0.05) is 6.92 Å². The van der Waals surface area contributed by atoms with Crippen molar-refractivity contribution in [3.8, 4) is 0 Å². The molecule has 1 heterocycles. The number of alkyl halides is 3. The predicted octanol–water partition coefficient (Wildman–Crippen LogP) is 3.24. The topological polar surface area (TPSA) is 45.2 Å². The van der Waals surface area contributed by atoms with Crippen molar-refractivity contribution >= 4 is 11.6 Å². The average molecular weight is 303 g/mol. The van der Waals surface area contributed by atoms with Crippen LogP contribution >= 0.6 is 0 Å². The Morgan fingerprint density at radius 3 is 2.57 bits per heavy atom. The van der Waals surface area contributed by atoms with Gasteiger partial charge in [-0.05, 0) is 26.3 Å². The molecule has 0 saturated carbocycles. The summed E-state index contributed by atoms with van der Waals surface area (Å²) in [6.45, 7) is 4.60. The molecule has 0 spiro atoms. The van der Waals surface area contributed by atoms with Crippen LogP contribution in [-0.2, 0) is 0 Å². The number of nitrogens with one attached hydrogen (secondary N) is 1. The van der Waals surface area contributed by atoms with Gasteiger partial charge in [-0.3, -0.25) is 9.78 Å². The fraction of sp³-hybridized carbons (Fsp3) is 0.571. The van der Waals surface area contributed by atoms with Crippen LogP contribution in [0.5, 0.6) is 0 Å². The molecule has 1 amide bonds. The van der Waals surface area contributed by atoms with Crippen molar-refractivity contribution in [2.45, 2.75) is 33.4 Å². The number of hydrogen-bond acceptors (Lipinski definition) is 3. The van der Waals surface area contributed by atoms with Crippen molar-refractivity contribution in [1.29, 1.82) is 0 Å². The van der Waals surface area contributed by atoms with Gasteiger partial charge in [0.2, 0.25) is 0 Å².